The van der Waals surface area contributed by atoms with E-state index in [1.165, 1.54) is 37.4 Å². The summed E-state index contributed by atoms with van der Waals surface area (Å²) in [7, 11) is 1.44. The average Bonchev–Trinajstić information content (AvgIpc) is 3.24. The zero-order chi connectivity index (χ0) is 28.5. The van der Waals surface area contributed by atoms with Crippen LogP contribution in [-0.2, 0) is 11.2 Å². The first-order valence-electron chi connectivity index (χ1n) is 12.2. The Labute approximate surface area is 222 Å². The predicted octanol–water partition coefficient (Wildman–Crippen LogP) is 7.72. The number of rotatable bonds is 6. The second-order valence-corrected chi connectivity index (χ2v) is 10.1. The fraction of sp³-hybridized carbons (Fsp3) is 0.267. The molecule has 0 radical (unpaired) electrons. The van der Waals surface area contributed by atoms with Crippen LogP contribution in [0.2, 0.25) is 0 Å². The molecule has 0 saturated heterocycles. The summed E-state index contributed by atoms with van der Waals surface area (Å²) < 4.78 is 64.7. The molecule has 0 bridgehead atoms. The lowest BCUT2D eigenvalue weighted by Gasteiger charge is -2.20. The van der Waals surface area contributed by atoms with Gasteiger partial charge in [-0.1, -0.05) is 12.1 Å². The number of ether oxygens (including phenoxy) is 1. The van der Waals surface area contributed by atoms with Gasteiger partial charge in [-0.3, -0.25) is 4.79 Å². The number of alkyl halides is 3. The minimum atomic E-state index is -4.40. The fourth-order valence-electron chi connectivity index (χ4n) is 4.24. The topological polar surface area (TPSA) is 68.5 Å². The van der Waals surface area contributed by atoms with Crippen molar-refractivity contribution in [3.8, 4) is 22.5 Å². The quantitative estimate of drug-likeness (QED) is 0.201. The van der Waals surface area contributed by atoms with E-state index in [0.717, 1.165) is 0 Å². The molecule has 0 saturated carbocycles. The molecule has 0 aliphatic carbocycles. The maximum Gasteiger partial charge on any atom is 0.389 e. The summed E-state index contributed by atoms with van der Waals surface area (Å²) in [6.45, 7) is 5.20. The number of hydrogen-bond donors (Lipinski definition) is 1. The third-order valence-corrected chi connectivity index (χ3v) is 5.96. The first-order valence-corrected chi connectivity index (χ1v) is 12.2. The number of aryl methyl sites for hydroxylation is 1. The fourth-order valence-corrected chi connectivity index (χ4v) is 4.24. The second-order valence-electron chi connectivity index (χ2n) is 10.1. The van der Waals surface area contributed by atoms with Gasteiger partial charge in [0.05, 0.1) is 11.1 Å². The number of furan rings is 1. The van der Waals surface area contributed by atoms with E-state index in [4.69, 9.17) is 9.15 Å². The Hall–Kier alpha value is -4.14. The van der Waals surface area contributed by atoms with Gasteiger partial charge in [-0.25, -0.2) is 9.18 Å². The monoisotopic (exact) mass is 541 g/mol. The van der Waals surface area contributed by atoms with Crippen molar-refractivity contribution in [2.75, 3.05) is 7.05 Å². The molecule has 0 fully saturated rings. The Morgan fingerprint density at radius 1 is 0.949 bits per heavy atom. The van der Waals surface area contributed by atoms with E-state index in [9.17, 15) is 27.2 Å². The normalized spacial score (nSPS) is 12.0. The summed E-state index contributed by atoms with van der Waals surface area (Å²) in [5.74, 6) is -1.37. The van der Waals surface area contributed by atoms with Crippen molar-refractivity contribution < 1.29 is 36.3 Å². The lowest BCUT2D eigenvalue weighted by molar-refractivity contribution is -0.133. The van der Waals surface area contributed by atoms with E-state index in [0.29, 0.717) is 27.6 Å². The number of esters is 1. The van der Waals surface area contributed by atoms with E-state index in [-0.39, 0.29) is 28.9 Å². The highest BCUT2D eigenvalue weighted by Gasteiger charge is 2.29. The van der Waals surface area contributed by atoms with Gasteiger partial charge in [0.1, 0.15) is 22.8 Å². The first kappa shape index (κ1) is 27.9. The minimum Gasteiger partial charge on any atom is -0.456 e. The lowest BCUT2D eigenvalue weighted by Crippen LogP contribution is -2.23. The molecule has 1 amide bonds. The number of hydrogen-bond acceptors (Lipinski definition) is 4. The summed E-state index contributed by atoms with van der Waals surface area (Å²) in [6, 6.07) is 14.8. The largest absolute Gasteiger partial charge is 0.456 e. The van der Waals surface area contributed by atoms with E-state index in [2.05, 4.69) is 5.32 Å². The molecular weight excluding hydrogens is 514 g/mol. The SMILES string of the molecule is CNC(=O)c1c(-c2ccc(F)cc2)oc2cc(CCC(F)(F)F)c(-c3cccc(C(=O)OC(C)(C)C)c3)cc12. The molecule has 0 unspecified atom stereocenters. The summed E-state index contributed by atoms with van der Waals surface area (Å²) in [4.78, 5) is 25.7. The van der Waals surface area contributed by atoms with Gasteiger partial charge >= 0.3 is 12.1 Å². The standard InChI is InChI=1S/C30H27F4NO4/c1-29(2,3)39-28(37)20-7-5-6-18(14-20)22-16-23-24(15-19(22)12-13-30(32,33)34)38-26(25(23)27(36)35-4)17-8-10-21(31)11-9-17/h5-11,14-16H,12-13H2,1-4H3,(H,35,36). The lowest BCUT2D eigenvalue weighted by atomic mass is 9.92. The van der Waals surface area contributed by atoms with Crippen LogP contribution in [0.1, 0.15) is 53.5 Å². The van der Waals surface area contributed by atoms with Gasteiger partial charge in [0.2, 0.25) is 0 Å². The minimum absolute atomic E-state index is 0.158. The molecule has 3 aromatic carbocycles. The molecule has 0 atom stereocenters. The molecule has 5 nitrogen and oxygen atoms in total. The van der Waals surface area contributed by atoms with Crippen molar-refractivity contribution in [2.24, 2.45) is 0 Å². The van der Waals surface area contributed by atoms with Crippen LogP contribution in [0, 0.1) is 5.82 Å². The second kappa shape index (κ2) is 10.6. The van der Waals surface area contributed by atoms with Crippen molar-refractivity contribution in [3.05, 3.63) is 83.2 Å². The number of carbonyl (C=O) groups excluding carboxylic acids is 2. The maximum absolute atomic E-state index is 13.6. The Kier molecular flexibility index (Phi) is 7.54. The van der Waals surface area contributed by atoms with Crippen molar-refractivity contribution in [1.29, 1.82) is 0 Å². The Morgan fingerprint density at radius 3 is 2.26 bits per heavy atom. The number of halogens is 4. The van der Waals surface area contributed by atoms with Crippen LogP contribution in [0.15, 0.2) is 65.1 Å². The van der Waals surface area contributed by atoms with E-state index >= 15 is 0 Å². The van der Waals surface area contributed by atoms with Crippen molar-refractivity contribution in [2.45, 2.75) is 45.4 Å². The number of nitrogens with one attached hydrogen (secondary N) is 1. The Bertz CT molecular complexity index is 1530. The summed E-state index contributed by atoms with van der Waals surface area (Å²) in [6.07, 6.45) is -5.83. The summed E-state index contributed by atoms with van der Waals surface area (Å²) in [5, 5.41) is 2.93. The first-order chi connectivity index (χ1) is 18.3. The van der Waals surface area contributed by atoms with Gasteiger partial charge in [0, 0.05) is 24.4 Å². The predicted molar refractivity (Wildman–Crippen MR) is 140 cm³/mol. The van der Waals surface area contributed by atoms with Gasteiger partial charge < -0.3 is 14.5 Å². The molecule has 4 aromatic rings. The molecular formula is C30H27F4NO4. The van der Waals surface area contributed by atoms with Crippen LogP contribution in [0.5, 0.6) is 0 Å². The van der Waals surface area contributed by atoms with Crippen molar-refractivity contribution in [1.82, 2.24) is 5.32 Å². The number of amides is 1. The van der Waals surface area contributed by atoms with E-state index in [1.54, 1.807) is 51.1 Å². The third kappa shape index (κ3) is 6.47. The molecule has 0 spiro atoms. The van der Waals surface area contributed by atoms with E-state index < -0.39 is 35.9 Å². The molecule has 39 heavy (non-hydrogen) atoms. The Balaban J connectivity index is 1.93. The number of carbonyl (C=O) groups is 2. The number of fused-ring (bicyclic) bond motifs is 1. The Morgan fingerprint density at radius 2 is 1.64 bits per heavy atom. The molecule has 4 rings (SSSR count). The van der Waals surface area contributed by atoms with Crippen LogP contribution >= 0.6 is 0 Å². The van der Waals surface area contributed by atoms with Gasteiger partial charge in [0.15, 0.2) is 0 Å². The van der Waals surface area contributed by atoms with Crippen molar-refractivity contribution >= 4 is 22.8 Å². The molecule has 0 aliphatic heterocycles. The summed E-state index contributed by atoms with van der Waals surface area (Å²) >= 11 is 0. The molecule has 1 heterocycles. The van der Waals surface area contributed by atoms with Gasteiger partial charge in [0.25, 0.3) is 5.91 Å². The molecule has 9 heteroatoms. The zero-order valence-electron chi connectivity index (χ0n) is 21.8. The van der Waals surface area contributed by atoms with Gasteiger partial charge in [-0.05, 0) is 92.4 Å². The van der Waals surface area contributed by atoms with Crippen LogP contribution in [-0.4, -0.2) is 30.7 Å². The summed E-state index contributed by atoms with van der Waals surface area (Å²) in [5.41, 5.74) is 1.50. The van der Waals surface area contributed by atoms with E-state index in [1.807, 2.05) is 0 Å². The highest BCUT2D eigenvalue weighted by Crippen LogP contribution is 2.39. The molecule has 1 aromatic heterocycles. The highest BCUT2D eigenvalue weighted by molar-refractivity contribution is 6.12. The van der Waals surface area contributed by atoms with Crippen molar-refractivity contribution in [3.63, 3.8) is 0 Å². The van der Waals surface area contributed by atoms with Crippen LogP contribution < -0.4 is 5.32 Å². The zero-order valence-corrected chi connectivity index (χ0v) is 21.8. The van der Waals surface area contributed by atoms with Crippen LogP contribution in [0.4, 0.5) is 17.6 Å². The number of benzene rings is 3. The highest BCUT2D eigenvalue weighted by atomic mass is 19.4. The smallest absolute Gasteiger partial charge is 0.389 e. The van der Waals surface area contributed by atoms with Crippen LogP contribution in [0.3, 0.4) is 0 Å². The van der Waals surface area contributed by atoms with Gasteiger partial charge in [-0.2, -0.15) is 13.2 Å². The third-order valence-electron chi connectivity index (χ3n) is 5.96. The molecule has 0 aliphatic rings. The average molecular weight is 542 g/mol. The molecule has 1 N–H and O–H groups in total. The molecule has 204 valence electrons. The van der Waals surface area contributed by atoms with Crippen LogP contribution in [0.25, 0.3) is 33.4 Å². The van der Waals surface area contributed by atoms with Gasteiger partial charge in [-0.15, -0.1) is 0 Å². The maximum atomic E-state index is 13.6.